The maximum Gasteiger partial charge on any atom is 0.305 e. The molecule has 2 aliphatic heterocycles. The first kappa shape index (κ1) is 26.4. The van der Waals surface area contributed by atoms with Gasteiger partial charge in [-0.05, 0) is 56.0 Å². The Morgan fingerprint density at radius 3 is 2.68 bits per heavy atom. The van der Waals surface area contributed by atoms with Crippen LogP contribution in [-0.2, 0) is 22.6 Å². The van der Waals surface area contributed by atoms with E-state index in [2.05, 4.69) is 28.7 Å². The second-order valence-corrected chi connectivity index (χ2v) is 9.90. The van der Waals surface area contributed by atoms with Gasteiger partial charge in [0.05, 0.1) is 6.42 Å². The van der Waals surface area contributed by atoms with Gasteiger partial charge in [0.1, 0.15) is 6.04 Å². The van der Waals surface area contributed by atoms with Gasteiger partial charge in [0.25, 0.3) is 5.91 Å². The average molecular weight is 505 g/mol. The van der Waals surface area contributed by atoms with Gasteiger partial charge >= 0.3 is 5.97 Å². The van der Waals surface area contributed by atoms with Crippen molar-refractivity contribution in [1.29, 1.82) is 0 Å². The van der Waals surface area contributed by atoms with E-state index < -0.39 is 12.0 Å². The highest BCUT2D eigenvalue weighted by atomic mass is 16.4. The lowest BCUT2D eigenvalue weighted by atomic mass is 10.0. The molecule has 3 N–H and O–H groups in total. The molecule has 0 saturated heterocycles. The van der Waals surface area contributed by atoms with Crippen LogP contribution in [0.1, 0.15) is 47.2 Å². The summed E-state index contributed by atoms with van der Waals surface area (Å²) in [4.78, 5) is 41.5. The number of carbonyl (C=O) groups is 3. The van der Waals surface area contributed by atoms with Crippen molar-refractivity contribution in [2.75, 3.05) is 38.5 Å². The molecule has 2 amide bonds. The molecule has 2 aromatic carbocycles. The van der Waals surface area contributed by atoms with Crippen molar-refractivity contribution in [3.05, 3.63) is 76.9 Å². The lowest BCUT2D eigenvalue weighted by Gasteiger charge is -2.24. The number of nitrogens with zero attached hydrogens (tertiary/aromatic N) is 2. The van der Waals surface area contributed by atoms with Crippen LogP contribution in [0, 0.1) is 0 Å². The van der Waals surface area contributed by atoms with E-state index in [-0.39, 0.29) is 18.2 Å². The number of hydrogen-bond acceptors (Lipinski definition) is 5. The van der Waals surface area contributed by atoms with Gasteiger partial charge in [-0.2, -0.15) is 0 Å². The first-order chi connectivity index (χ1) is 17.9. The minimum absolute atomic E-state index is 0.173. The molecule has 8 heteroatoms. The molecule has 1 unspecified atom stereocenters. The SMILES string of the molecule is CN1CC=C(CCCNC(=O)c2ccc3c(c2)NC(CC(=O)O)C(=O)N(CCc2ccccc2)C3)CC1. The summed E-state index contributed by atoms with van der Waals surface area (Å²) in [6, 6.07) is 14.4. The maximum absolute atomic E-state index is 13.2. The topological polar surface area (TPSA) is 102 Å². The first-order valence-electron chi connectivity index (χ1n) is 13.0. The summed E-state index contributed by atoms with van der Waals surface area (Å²) in [5.41, 5.74) is 4.55. The summed E-state index contributed by atoms with van der Waals surface area (Å²) < 4.78 is 0. The number of benzene rings is 2. The zero-order valence-electron chi connectivity index (χ0n) is 21.4. The third-order valence-corrected chi connectivity index (χ3v) is 7.03. The molecule has 196 valence electrons. The fourth-order valence-electron chi connectivity index (χ4n) is 4.81. The number of carboxylic acids is 1. The van der Waals surface area contributed by atoms with E-state index in [0.29, 0.717) is 37.3 Å². The Labute approximate surface area is 218 Å². The van der Waals surface area contributed by atoms with Crippen molar-refractivity contribution >= 4 is 23.5 Å². The molecule has 37 heavy (non-hydrogen) atoms. The predicted octanol–water partition coefficient (Wildman–Crippen LogP) is 3.30. The molecule has 2 heterocycles. The Morgan fingerprint density at radius 2 is 1.95 bits per heavy atom. The summed E-state index contributed by atoms with van der Waals surface area (Å²) >= 11 is 0. The second kappa shape index (κ2) is 12.5. The van der Waals surface area contributed by atoms with E-state index in [0.717, 1.165) is 43.5 Å². The molecule has 2 aliphatic rings. The number of nitrogens with one attached hydrogen (secondary N) is 2. The number of hydrogen-bond donors (Lipinski definition) is 3. The van der Waals surface area contributed by atoms with Crippen molar-refractivity contribution in [2.45, 2.75) is 44.7 Å². The molecule has 0 bridgehead atoms. The number of likely N-dealkylation sites (N-methyl/N-ethyl adjacent to an activating group) is 1. The zero-order chi connectivity index (χ0) is 26.2. The minimum atomic E-state index is -1.05. The highest BCUT2D eigenvalue weighted by Crippen LogP contribution is 2.26. The van der Waals surface area contributed by atoms with Crippen molar-refractivity contribution in [3.8, 4) is 0 Å². The summed E-state index contributed by atoms with van der Waals surface area (Å²) in [7, 11) is 2.12. The predicted molar refractivity (Wildman–Crippen MR) is 143 cm³/mol. The van der Waals surface area contributed by atoms with Gasteiger partial charge in [-0.15, -0.1) is 0 Å². The van der Waals surface area contributed by atoms with Crippen LogP contribution in [-0.4, -0.2) is 72.0 Å². The van der Waals surface area contributed by atoms with Crippen LogP contribution in [0.4, 0.5) is 5.69 Å². The smallest absolute Gasteiger partial charge is 0.305 e. The fourth-order valence-corrected chi connectivity index (χ4v) is 4.81. The van der Waals surface area contributed by atoms with Crippen molar-refractivity contribution in [2.24, 2.45) is 0 Å². The van der Waals surface area contributed by atoms with Crippen molar-refractivity contribution in [1.82, 2.24) is 15.1 Å². The summed E-state index contributed by atoms with van der Waals surface area (Å²) in [6.07, 6.45) is 5.58. The summed E-state index contributed by atoms with van der Waals surface area (Å²) in [6.45, 7) is 3.49. The minimum Gasteiger partial charge on any atom is -0.481 e. The van der Waals surface area contributed by atoms with Crippen LogP contribution in [0.3, 0.4) is 0 Å². The standard InChI is InChI=1S/C29H36N4O4/c1-32-15-11-22(12-16-32)8-5-14-30-28(36)23-9-10-24-20-33(17-13-21-6-3-2-4-7-21)29(37)26(19-27(34)35)31-25(24)18-23/h2-4,6-7,9-11,18,26,31H,5,8,12-17,19-20H2,1H3,(H,30,36)(H,34,35). The van der Waals surface area contributed by atoms with Gasteiger partial charge in [-0.1, -0.05) is 48.0 Å². The van der Waals surface area contributed by atoms with Gasteiger partial charge in [0.15, 0.2) is 0 Å². The number of anilines is 1. The second-order valence-electron chi connectivity index (χ2n) is 9.90. The van der Waals surface area contributed by atoms with Gasteiger partial charge < -0.3 is 25.5 Å². The molecular weight excluding hydrogens is 468 g/mol. The van der Waals surface area contributed by atoms with E-state index in [1.807, 2.05) is 36.4 Å². The van der Waals surface area contributed by atoms with Crippen LogP contribution >= 0.6 is 0 Å². The molecule has 0 spiro atoms. The van der Waals surface area contributed by atoms with Crippen LogP contribution in [0.15, 0.2) is 60.2 Å². The van der Waals surface area contributed by atoms with Gasteiger partial charge in [-0.3, -0.25) is 14.4 Å². The zero-order valence-corrected chi connectivity index (χ0v) is 21.4. The largest absolute Gasteiger partial charge is 0.481 e. The normalized spacial score (nSPS) is 17.9. The molecule has 0 radical (unpaired) electrons. The summed E-state index contributed by atoms with van der Waals surface area (Å²) in [5, 5.41) is 15.5. The Kier molecular flexibility index (Phi) is 8.95. The molecule has 1 atom stereocenters. The lowest BCUT2D eigenvalue weighted by molar-refractivity contribution is -0.141. The number of amides is 2. The monoisotopic (exact) mass is 504 g/mol. The summed E-state index contributed by atoms with van der Waals surface area (Å²) in [5.74, 6) is -1.47. The van der Waals surface area contributed by atoms with Gasteiger partial charge in [-0.25, -0.2) is 0 Å². The quantitative estimate of drug-likeness (QED) is 0.339. The third-order valence-electron chi connectivity index (χ3n) is 7.03. The van der Waals surface area contributed by atoms with E-state index in [4.69, 9.17) is 0 Å². The first-order valence-corrected chi connectivity index (χ1v) is 13.0. The molecule has 0 aromatic heterocycles. The number of carboxylic acid groups (broad SMARTS) is 1. The Morgan fingerprint density at radius 1 is 1.14 bits per heavy atom. The lowest BCUT2D eigenvalue weighted by Crippen LogP contribution is -2.42. The Hall–Kier alpha value is -3.65. The van der Waals surface area contributed by atoms with E-state index in [1.54, 1.807) is 17.0 Å². The van der Waals surface area contributed by atoms with Crippen LogP contribution in [0.5, 0.6) is 0 Å². The van der Waals surface area contributed by atoms with E-state index in [9.17, 15) is 19.5 Å². The number of fused-ring (bicyclic) bond motifs is 1. The molecule has 0 saturated carbocycles. The van der Waals surface area contributed by atoms with E-state index in [1.165, 1.54) is 5.57 Å². The Bertz CT molecular complexity index is 1150. The molecule has 0 fully saturated rings. The fraction of sp³-hybridized carbons (Fsp3) is 0.414. The average Bonchev–Trinajstić information content (AvgIpc) is 3.02. The Balaban J connectivity index is 1.40. The van der Waals surface area contributed by atoms with Gasteiger partial charge in [0.2, 0.25) is 5.91 Å². The molecule has 8 nitrogen and oxygen atoms in total. The molecule has 2 aromatic rings. The van der Waals surface area contributed by atoms with E-state index >= 15 is 0 Å². The number of aliphatic carboxylic acids is 1. The van der Waals surface area contributed by atoms with Crippen molar-refractivity contribution < 1.29 is 19.5 Å². The van der Waals surface area contributed by atoms with Crippen LogP contribution in [0.25, 0.3) is 0 Å². The molecule has 4 rings (SSSR count). The number of carbonyl (C=O) groups excluding carboxylic acids is 2. The third kappa shape index (κ3) is 7.43. The van der Waals surface area contributed by atoms with Crippen LogP contribution < -0.4 is 10.6 Å². The highest BCUT2D eigenvalue weighted by molar-refractivity contribution is 5.96. The van der Waals surface area contributed by atoms with Crippen molar-refractivity contribution in [3.63, 3.8) is 0 Å². The highest BCUT2D eigenvalue weighted by Gasteiger charge is 2.31. The maximum atomic E-state index is 13.2. The van der Waals surface area contributed by atoms with Gasteiger partial charge in [0, 0.05) is 44.0 Å². The molecular formula is C29H36N4O4. The van der Waals surface area contributed by atoms with Crippen LogP contribution in [0.2, 0.25) is 0 Å². The molecule has 0 aliphatic carbocycles. The number of rotatable bonds is 10.